The Balaban J connectivity index is 2.44. The van der Waals surface area contributed by atoms with Gasteiger partial charge in [-0.3, -0.25) is 9.59 Å². The largest absolute Gasteiger partial charge is 0.468 e. The number of nitrogens with zero attached hydrogens (tertiary/aromatic N) is 2. The predicted octanol–water partition coefficient (Wildman–Crippen LogP) is -1.21. The average molecular weight is 303 g/mol. The Bertz CT molecular complexity index is 510. The maximum absolute atomic E-state index is 11.8. The van der Waals surface area contributed by atoms with Crippen molar-refractivity contribution in [2.75, 3.05) is 38.2 Å². The van der Waals surface area contributed by atoms with Gasteiger partial charge in [0.1, 0.15) is 0 Å². The lowest BCUT2D eigenvalue weighted by molar-refractivity contribution is -0.139. The molecule has 0 fully saturated rings. The van der Waals surface area contributed by atoms with Gasteiger partial charge in [-0.05, 0) is 0 Å². The first-order chi connectivity index (χ1) is 9.45. The molecule has 110 valence electrons. The molecule has 0 aliphatic carbocycles. The number of aromatic nitrogens is 2. The number of methoxy groups -OCH3 is 1. The molecule has 1 aromatic rings. The van der Waals surface area contributed by atoms with Crippen LogP contribution in [0, 0.1) is 0 Å². The zero-order chi connectivity index (χ0) is 15.1. The minimum atomic E-state index is -0.531. The number of carbonyl (C=O) groups excluding carboxylic acids is 2. The van der Waals surface area contributed by atoms with Gasteiger partial charge < -0.3 is 26.8 Å². The monoisotopic (exact) mass is 302 g/mol. The van der Waals surface area contributed by atoms with E-state index in [1.54, 1.807) is 0 Å². The summed E-state index contributed by atoms with van der Waals surface area (Å²) in [5.74, 6) is -1.07. The summed E-state index contributed by atoms with van der Waals surface area (Å²) in [6.07, 6.45) is 0. The molecule has 1 amide bonds. The summed E-state index contributed by atoms with van der Waals surface area (Å²) in [5.41, 5.74) is 10.8. The van der Waals surface area contributed by atoms with Crippen molar-refractivity contribution in [3.05, 3.63) is 10.8 Å². The number of hydrogen-bond donors (Lipinski definition) is 4. The molecule has 1 rings (SSSR count). The van der Waals surface area contributed by atoms with E-state index < -0.39 is 11.9 Å². The standard InChI is InChI=1S/C10H15ClN6O3/c1-20-5(18)4-14-2-3-15-10(19)6-8(12)17-9(13)7(11)16-6/h14H,2-4H2,1H3,(H,15,19)(H4,12,13,17). The zero-order valence-corrected chi connectivity index (χ0v) is 11.5. The van der Waals surface area contributed by atoms with Crippen molar-refractivity contribution in [1.29, 1.82) is 0 Å². The molecule has 10 heteroatoms. The Morgan fingerprint density at radius 3 is 2.60 bits per heavy atom. The number of amides is 1. The van der Waals surface area contributed by atoms with E-state index in [1.165, 1.54) is 7.11 Å². The van der Waals surface area contributed by atoms with Crippen LogP contribution in [0.5, 0.6) is 0 Å². The first-order valence-electron chi connectivity index (χ1n) is 5.60. The summed E-state index contributed by atoms with van der Waals surface area (Å²) in [4.78, 5) is 30.0. The van der Waals surface area contributed by atoms with Crippen molar-refractivity contribution < 1.29 is 14.3 Å². The lowest BCUT2D eigenvalue weighted by atomic mass is 10.3. The number of anilines is 2. The van der Waals surface area contributed by atoms with E-state index >= 15 is 0 Å². The molecule has 9 nitrogen and oxygen atoms in total. The van der Waals surface area contributed by atoms with Crippen LogP contribution in [0.2, 0.25) is 5.15 Å². The molecule has 0 saturated carbocycles. The predicted molar refractivity (Wildman–Crippen MR) is 73.1 cm³/mol. The minimum Gasteiger partial charge on any atom is -0.468 e. The average Bonchev–Trinajstić information content (AvgIpc) is 2.41. The number of rotatable bonds is 6. The van der Waals surface area contributed by atoms with Crippen molar-refractivity contribution in [3.8, 4) is 0 Å². The molecule has 0 radical (unpaired) electrons. The van der Waals surface area contributed by atoms with Crippen molar-refractivity contribution in [2.24, 2.45) is 0 Å². The van der Waals surface area contributed by atoms with Gasteiger partial charge in [0.15, 0.2) is 22.5 Å². The number of nitrogens with two attached hydrogens (primary N) is 2. The van der Waals surface area contributed by atoms with Crippen LogP contribution < -0.4 is 22.1 Å². The fourth-order valence-electron chi connectivity index (χ4n) is 1.22. The number of carbonyl (C=O) groups is 2. The van der Waals surface area contributed by atoms with Gasteiger partial charge in [-0.1, -0.05) is 11.6 Å². The quantitative estimate of drug-likeness (QED) is 0.378. The lowest BCUT2D eigenvalue weighted by Crippen LogP contribution is -2.35. The van der Waals surface area contributed by atoms with Gasteiger partial charge in [-0.2, -0.15) is 0 Å². The summed E-state index contributed by atoms with van der Waals surface area (Å²) in [5, 5.41) is 5.23. The molecular formula is C10H15ClN6O3. The summed E-state index contributed by atoms with van der Waals surface area (Å²) < 4.78 is 4.44. The fraction of sp³-hybridized carbons (Fsp3) is 0.400. The third-order valence-corrected chi connectivity index (χ3v) is 2.48. The van der Waals surface area contributed by atoms with Gasteiger partial charge in [-0.15, -0.1) is 0 Å². The van der Waals surface area contributed by atoms with Crippen LogP contribution >= 0.6 is 11.6 Å². The Kier molecular flexibility index (Phi) is 5.94. The third-order valence-electron chi connectivity index (χ3n) is 2.20. The second-order valence-electron chi connectivity index (χ2n) is 3.64. The molecule has 0 saturated heterocycles. The van der Waals surface area contributed by atoms with E-state index in [4.69, 9.17) is 23.1 Å². The lowest BCUT2D eigenvalue weighted by Gasteiger charge is -2.08. The minimum absolute atomic E-state index is 0.0412. The Labute approximate surface area is 120 Å². The summed E-state index contributed by atoms with van der Waals surface area (Å²) in [6, 6.07) is 0. The molecule has 20 heavy (non-hydrogen) atoms. The molecule has 0 aliphatic rings. The SMILES string of the molecule is COC(=O)CNCCNC(=O)c1nc(Cl)c(N)nc1N. The normalized spacial score (nSPS) is 10.1. The van der Waals surface area contributed by atoms with Gasteiger partial charge in [0, 0.05) is 13.1 Å². The highest BCUT2D eigenvalue weighted by molar-refractivity contribution is 6.31. The number of nitrogens with one attached hydrogen (secondary N) is 2. The summed E-state index contributed by atoms with van der Waals surface area (Å²) in [7, 11) is 1.29. The van der Waals surface area contributed by atoms with Gasteiger partial charge in [0.2, 0.25) is 0 Å². The van der Waals surface area contributed by atoms with E-state index in [0.717, 1.165) is 0 Å². The fourth-order valence-corrected chi connectivity index (χ4v) is 1.35. The van der Waals surface area contributed by atoms with Crippen LogP contribution in [0.3, 0.4) is 0 Å². The molecule has 0 bridgehead atoms. The van der Waals surface area contributed by atoms with Gasteiger partial charge >= 0.3 is 5.97 Å². The Morgan fingerprint density at radius 1 is 1.25 bits per heavy atom. The van der Waals surface area contributed by atoms with Crippen LogP contribution in [0.4, 0.5) is 11.6 Å². The Morgan fingerprint density at radius 2 is 1.95 bits per heavy atom. The number of ether oxygens (including phenoxy) is 1. The van der Waals surface area contributed by atoms with Gasteiger partial charge in [0.05, 0.1) is 13.7 Å². The van der Waals surface area contributed by atoms with Crippen LogP contribution in [-0.4, -0.2) is 48.6 Å². The number of nitrogen functional groups attached to an aromatic ring is 2. The second-order valence-corrected chi connectivity index (χ2v) is 4.00. The van der Waals surface area contributed by atoms with E-state index in [2.05, 4.69) is 25.3 Å². The molecule has 0 atom stereocenters. The number of halogens is 1. The van der Waals surface area contributed by atoms with Crippen LogP contribution in [0.1, 0.15) is 10.5 Å². The molecule has 1 aromatic heterocycles. The maximum Gasteiger partial charge on any atom is 0.319 e. The summed E-state index contributed by atoms with van der Waals surface area (Å²) in [6.45, 7) is 0.692. The van der Waals surface area contributed by atoms with Crippen molar-refractivity contribution >= 4 is 35.1 Å². The number of esters is 1. The Hall–Kier alpha value is -2.13. The highest BCUT2D eigenvalue weighted by Gasteiger charge is 2.15. The molecule has 1 heterocycles. The van der Waals surface area contributed by atoms with Crippen molar-refractivity contribution in [2.45, 2.75) is 0 Å². The maximum atomic E-state index is 11.8. The van der Waals surface area contributed by atoms with Crippen LogP contribution in [-0.2, 0) is 9.53 Å². The van der Waals surface area contributed by atoms with E-state index in [-0.39, 0.29) is 35.6 Å². The first kappa shape index (κ1) is 15.9. The van der Waals surface area contributed by atoms with E-state index in [0.29, 0.717) is 6.54 Å². The molecule has 0 aliphatic heterocycles. The molecule has 0 unspecified atom stereocenters. The van der Waals surface area contributed by atoms with E-state index in [1.807, 2.05) is 0 Å². The smallest absolute Gasteiger partial charge is 0.319 e. The van der Waals surface area contributed by atoms with Gasteiger partial charge in [0.25, 0.3) is 5.91 Å². The van der Waals surface area contributed by atoms with Gasteiger partial charge in [-0.25, -0.2) is 9.97 Å². The highest BCUT2D eigenvalue weighted by atomic mass is 35.5. The van der Waals surface area contributed by atoms with Crippen LogP contribution in [0.25, 0.3) is 0 Å². The summed E-state index contributed by atoms with van der Waals surface area (Å²) >= 11 is 5.67. The highest BCUT2D eigenvalue weighted by Crippen LogP contribution is 2.16. The second kappa shape index (κ2) is 7.46. The van der Waals surface area contributed by atoms with E-state index in [9.17, 15) is 9.59 Å². The molecule has 0 spiro atoms. The van der Waals surface area contributed by atoms with Crippen LogP contribution in [0.15, 0.2) is 0 Å². The number of hydrogen-bond acceptors (Lipinski definition) is 8. The topological polar surface area (TPSA) is 145 Å². The molecule has 0 aromatic carbocycles. The van der Waals surface area contributed by atoms with Crippen molar-refractivity contribution in [1.82, 2.24) is 20.6 Å². The third kappa shape index (κ3) is 4.52. The first-order valence-corrected chi connectivity index (χ1v) is 5.97. The molecule has 6 N–H and O–H groups in total. The van der Waals surface area contributed by atoms with Crippen molar-refractivity contribution in [3.63, 3.8) is 0 Å². The zero-order valence-electron chi connectivity index (χ0n) is 10.8. The molecular weight excluding hydrogens is 288 g/mol.